The zero-order chi connectivity index (χ0) is 10.0. The fourth-order valence-corrected chi connectivity index (χ4v) is 1.57. The van der Waals surface area contributed by atoms with Crippen LogP contribution in [0.3, 0.4) is 0 Å². The molecule has 76 valence electrons. The third-order valence-corrected chi connectivity index (χ3v) is 2.67. The number of hydrogen-bond acceptors (Lipinski definition) is 3. The van der Waals surface area contributed by atoms with E-state index in [1.807, 2.05) is 24.3 Å². The molecule has 1 aromatic rings. The molecule has 1 saturated carbocycles. The van der Waals surface area contributed by atoms with Crippen LogP contribution in [0.5, 0.6) is 0 Å². The highest BCUT2D eigenvalue weighted by Crippen LogP contribution is 2.38. The Bertz CT molecular complexity index is 304. The Hall–Kier alpha value is -0.900. The van der Waals surface area contributed by atoms with E-state index in [9.17, 15) is 5.11 Å². The van der Waals surface area contributed by atoms with Crippen molar-refractivity contribution in [2.24, 2.45) is 0 Å². The molecule has 0 saturated heterocycles. The van der Waals surface area contributed by atoms with Crippen molar-refractivity contribution in [3.63, 3.8) is 0 Å². The van der Waals surface area contributed by atoms with Gasteiger partial charge in [0, 0.05) is 13.0 Å². The van der Waals surface area contributed by atoms with Crippen molar-refractivity contribution in [2.75, 3.05) is 0 Å². The summed E-state index contributed by atoms with van der Waals surface area (Å²) in [5, 5.41) is 18.2. The van der Waals surface area contributed by atoms with Crippen molar-refractivity contribution in [3.05, 3.63) is 35.4 Å². The summed E-state index contributed by atoms with van der Waals surface area (Å²) in [6, 6.07) is 7.93. The van der Waals surface area contributed by atoms with Crippen molar-refractivity contribution in [1.82, 2.24) is 5.48 Å². The van der Waals surface area contributed by atoms with E-state index >= 15 is 0 Å². The van der Waals surface area contributed by atoms with E-state index in [1.54, 1.807) is 0 Å². The van der Waals surface area contributed by atoms with Crippen LogP contribution in [-0.4, -0.2) is 15.9 Å². The third kappa shape index (κ3) is 2.32. The van der Waals surface area contributed by atoms with Gasteiger partial charge in [-0.05, 0) is 24.0 Å². The fraction of sp³-hybridized carbons (Fsp3) is 0.455. The maximum Gasteiger partial charge on any atom is 0.0690 e. The van der Waals surface area contributed by atoms with Gasteiger partial charge in [-0.3, -0.25) is 0 Å². The second-order valence-corrected chi connectivity index (χ2v) is 4.05. The van der Waals surface area contributed by atoms with E-state index in [4.69, 9.17) is 5.21 Å². The van der Waals surface area contributed by atoms with Gasteiger partial charge in [-0.15, -0.1) is 0 Å². The molecule has 1 fully saturated rings. The first-order chi connectivity index (χ1) is 6.72. The number of rotatable bonds is 4. The maximum atomic E-state index is 9.70. The minimum atomic E-state index is -0.420. The molecular formula is C11H15NO2. The van der Waals surface area contributed by atoms with Gasteiger partial charge in [-0.2, -0.15) is 0 Å². The topological polar surface area (TPSA) is 52.5 Å². The lowest BCUT2D eigenvalue weighted by atomic mass is 10.0. The fourth-order valence-electron chi connectivity index (χ4n) is 1.57. The van der Waals surface area contributed by atoms with Crippen LogP contribution in [0.25, 0.3) is 0 Å². The molecule has 0 amide bonds. The van der Waals surface area contributed by atoms with Gasteiger partial charge in [0.25, 0.3) is 0 Å². The van der Waals surface area contributed by atoms with Crippen LogP contribution in [0, 0.1) is 0 Å². The summed E-state index contributed by atoms with van der Waals surface area (Å²) in [7, 11) is 0. The summed E-state index contributed by atoms with van der Waals surface area (Å²) in [6.45, 7) is 0.463. The number of hydroxylamine groups is 1. The van der Waals surface area contributed by atoms with Crippen molar-refractivity contribution in [3.8, 4) is 0 Å². The number of benzene rings is 1. The Morgan fingerprint density at radius 1 is 1.14 bits per heavy atom. The lowest BCUT2D eigenvalue weighted by Crippen LogP contribution is -2.11. The maximum absolute atomic E-state index is 9.70. The predicted molar refractivity (Wildman–Crippen MR) is 53.0 cm³/mol. The van der Waals surface area contributed by atoms with Crippen LogP contribution >= 0.6 is 0 Å². The molecule has 1 aliphatic carbocycles. The molecule has 0 radical (unpaired) electrons. The first kappa shape index (κ1) is 9.65. The molecular weight excluding hydrogens is 178 g/mol. The first-order valence-corrected chi connectivity index (χ1v) is 4.89. The minimum absolute atomic E-state index is 0.420. The minimum Gasteiger partial charge on any atom is -0.390 e. The molecule has 1 aromatic carbocycles. The van der Waals surface area contributed by atoms with Crippen molar-refractivity contribution < 1.29 is 10.3 Å². The summed E-state index contributed by atoms with van der Waals surface area (Å²) in [5.74, 6) is 0. The second-order valence-electron chi connectivity index (χ2n) is 4.05. The summed E-state index contributed by atoms with van der Waals surface area (Å²) < 4.78 is 0. The molecule has 3 heteroatoms. The van der Waals surface area contributed by atoms with Crippen LogP contribution in [-0.2, 0) is 13.0 Å². The molecule has 2 rings (SSSR count). The van der Waals surface area contributed by atoms with E-state index in [1.165, 1.54) is 0 Å². The molecule has 0 unspecified atom stereocenters. The standard InChI is InChI=1S/C11H15NO2/c13-11(5-6-11)7-9-1-3-10(4-2-9)8-12-14/h1-4,12-14H,5-8H2. The monoisotopic (exact) mass is 193 g/mol. The highest BCUT2D eigenvalue weighted by molar-refractivity contribution is 5.24. The van der Waals surface area contributed by atoms with Crippen molar-refractivity contribution in [2.45, 2.75) is 31.4 Å². The summed E-state index contributed by atoms with van der Waals surface area (Å²) in [6.07, 6.45) is 2.60. The molecule has 14 heavy (non-hydrogen) atoms. The molecule has 0 bridgehead atoms. The zero-order valence-corrected chi connectivity index (χ0v) is 8.03. The predicted octanol–water partition coefficient (Wildman–Crippen LogP) is 1.23. The average molecular weight is 193 g/mol. The summed E-state index contributed by atoms with van der Waals surface area (Å²) >= 11 is 0. The number of aliphatic hydroxyl groups is 1. The summed E-state index contributed by atoms with van der Waals surface area (Å²) in [5.41, 5.74) is 3.89. The lowest BCUT2D eigenvalue weighted by molar-refractivity contribution is 0.151. The van der Waals surface area contributed by atoms with Gasteiger partial charge < -0.3 is 10.3 Å². The Morgan fingerprint density at radius 3 is 2.21 bits per heavy atom. The van der Waals surface area contributed by atoms with E-state index < -0.39 is 5.60 Å². The smallest absolute Gasteiger partial charge is 0.0690 e. The lowest BCUT2D eigenvalue weighted by Gasteiger charge is -2.07. The van der Waals surface area contributed by atoms with Gasteiger partial charge in [0.15, 0.2) is 0 Å². The Labute approximate surface area is 83.3 Å². The molecule has 0 heterocycles. The number of nitrogens with one attached hydrogen (secondary N) is 1. The second kappa shape index (κ2) is 3.69. The van der Waals surface area contributed by atoms with Crippen LogP contribution in [0.15, 0.2) is 24.3 Å². The zero-order valence-electron chi connectivity index (χ0n) is 8.03. The Kier molecular flexibility index (Phi) is 2.54. The number of hydrogen-bond donors (Lipinski definition) is 3. The highest BCUT2D eigenvalue weighted by Gasteiger charge is 2.39. The Balaban J connectivity index is 1.99. The molecule has 0 spiro atoms. The van der Waals surface area contributed by atoms with Gasteiger partial charge in [0.2, 0.25) is 0 Å². The quantitative estimate of drug-likeness (QED) is 0.630. The molecule has 0 aromatic heterocycles. The van der Waals surface area contributed by atoms with Gasteiger partial charge in [-0.1, -0.05) is 24.3 Å². The third-order valence-electron chi connectivity index (χ3n) is 2.67. The molecule has 3 nitrogen and oxygen atoms in total. The van der Waals surface area contributed by atoms with E-state index in [0.717, 1.165) is 30.4 Å². The van der Waals surface area contributed by atoms with Crippen LogP contribution in [0.2, 0.25) is 0 Å². The first-order valence-electron chi connectivity index (χ1n) is 4.89. The molecule has 3 N–H and O–H groups in total. The van der Waals surface area contributed by atoms with Crippen molar-refractivity contribution >= 4 is 0 Å². The SMILES string of the molecule is ONCc1ccc(CC2(O)CC2)cc1. The molecule has 1 aliphatic rings. The average Bonchev–Trinajstić information content (AvgIpc) is 2.88. The summed E-state index contributed by atoms with van der Waals surface area (Å²) in [4.78, 5) is 0. The molecule has 0 aliphatic heterocycles. The normalized spacial score (nSPS) is 18.1. The van der Waals surface area contributed by atoms with Crippen LogP contribution in [0.4, 0.5) is 0 Å². The Morgan fingerprint density at radius 2 is 1.71 bits per heavy atom. The van der Waals surface area contributed by atoms with Crippen molar-refractivity contribution in [1.29, 1.82) is 0 Å². The van der Waals surface area contributed by atoms with Crippen LogP contribution < -0.4 is 5.48 Å². The van der Waals surface area contributed by atoms with Gasteiger partial charge in [0.05, 0.1) is 5.60 Å². The largest absolute Gasteiger partial charge is 0.390 e. The van der Waals surface area contributed by atoms with Gasteiger partial charge >= 0.3 is 0 Å². The van der Waals surface area contributed by atoms with Gasteiger partial charge in [-0.25, -0.2) is 5.48 Å². The molecule has 0 atom stereocenters. The van der Waals surface area contributed by atoms with E-state index in [-0.39, 0.29) is 0 Å². The van der Waals surface area contributed by atoms with Gasteiger partial charge in [0.1, 0.15) is 0 Å². The van der Waals surface area contributed by atoms with Crippen LogP contribution in [0.1, 0.15) is 24.0 Å². The highest BCUT2D eigenvalue weighted by atomic mass is 16.5. The van der Waals surface area contributed by atoms with E-state index in [0.29, 0.717) is 6.54 Å². The van der Waals surface area contributed by atoms with E-state index in [2.05, 4.69) is 5.48 Å².